The van der Waals surface area contributed by atoms with Crippen LogP contribution in [0.4, 0.5) is 11.4 Å². The average molecular weight is 300 g/mol. The number of carboxylic acids is 1. The third-order valence-corrected chi connectivity index (χ3v) is 3.64. The average Bonchev–Trinajstić information content (AvgIpc) is 3.19. The number of aromatic carboxylic acids is 1. The summed E-state index contributed by atoms with van der Waals surface area (Å²) >= 11 is 0. The minimum atomic E-state index is -1.20. The number of anilines is 2. The van der Waals surface area contributed by atoms with E-state index in [1.165, 1.54) is 12.1 Å². The van der Waals surface area contributed by atoms with Crippen LogP contribution >= 0.6 is 0 Å². The molecule has 0 atom stereocenters. The summed E-state index contributed by atoms with van der Waals surface area (Å²) in [4.78, 5) is 25.2. The second-order valence-electron chi connectivity index (χ2n) is 5.13. The van der Waals surface area contributed by atoms with Gasteiger partial charge in [0.1, 0.15) is 0 Å². The van der Waals surface area contributed by atoms with Crippen LogP contribution in [0.2, 0.25) is 0 Å². The van der Waals surface area contributed by atoms with Gasteiger partial charge in [-0.15, -0.1) is 0 Å². The van der Waals surface area contributed by atoms with Crippen molar-refractivity contribution in [3.8, 4) is 0 Å². The highest BCUT2D eigenvalue weighted by Crippen LogP contribution is 2.29. The predicted molar refractivity (Wildman–Crippen MR) is 81.5 cm³/mol. The molecule has 1 aromatic carbocycles. The Morgan fingerprint density at radius 1 is 1.05 bits per heavy atom. The minimum Gasteiger partial charge on any atom is -0.475 e. The number of amides is 1. The first-order chi connectivity index (χ1) is 10.6. The van der Waals surface area contributed by atoms with Crippen LogP contribution in [0.5, 0.6) is 0 Å². The summed E-state index contributed by atoms with van der Waals surface area (Å²) < 4.78 is 5.02. The number of hydrogen-bond donors (Lipinski definition) is 2. The summed E-state index contributed by atoms with van der Waals surface area (Å²) in [5, 5.41) is 11.6. The predicted octanol–water partition coefficient (Wildman–Crippen LogP) is 2.83. The molecule has 0 bridgehead atoms. The van der Waals surface area contributed by atoms with Gasteiger partial charge in [0.05, 0.1) is 11.4 Å². The maximum absolute atomic E-state index is 12.2. The maximum atomic E-state index is 12.2. The Morgan fingerprint density at radius 3 is 2.41 bits per heavy atom. The molecule has 0 radical (unpaired) electrons. The van der Waals surface area contributed by atoms with Gasteiger partial charge in [-0.3, -0.25) is 4.79 Å². The zero-order chi connectivity index (χ0) is 15.5. The SMILES string of the molecule is O=C(O)c1ccc(C(=O)Nc2ccccc2N2CCCC2)o1. The number of para-hydroxylation sites is 2. The molecule has 3 rings (SSSR count). The zero-order valence-corrected chi connectivity index (χ0v) is 11.9. The molecule has 1 aromatic heterocycles. The quantitative estimate of drug-likeness (QED) is 0.907. The van der Waals surface area contributed by atoms with Crippen LogP contribution in [0.25, 0.3) is 0 Å². The fourth-order valence-electron chi connectivity index (χ4n) is 2.57. The third-order valence-electron chi connectivity index (χ3n) is 3.64. The fraction of sp³-hybridized carbons (Fsp3) is 0.250. The van der Waals surface area contributed by atoms with Crippen LogP contribution in [-0.4, -0.2) is 30.1 Å². The van der Waals surface area contributed by atoms with Crippen LogP contribution in [0, 0.1) is 0 Å². The molecule has 1 aliphatic rings. The van der Waals surface area contributed by atoms with E-state index in [2.05, 4.69) is 10.2 Å². The Labute approximate surface area is 127 Å². The van der Waals surface area contributed by atoms with E-state index >= 15 is 0 Å². The molecule has 22 heavy (non-hydrogen) atoms. The number of rotatable bonds is 4. The lowest BCUT2D eigenvalue weighted by Crippen LogP contribution is -2.21. The van der Waals surface area contributed by atoms with Gasteiger partial charge in [0.2, 0.25) is 5.76 Å². The lowest BCUT2D eigenvalue weighted by Gasteiger charge is -2.21. The molecule has 2 aromatic rings. The Balaban J connectivity index is 1.80. The van der Waals surface area contributed by atoms with Crippen molar-refractivity contribution in [3.05, 3.63) is 47.9 Å². The van der Waals surface area contributed by atoms with E-state index in [-0.39, 0.29) is 11.5 Å². The standard InChI is InChI=1S/C16H16N2O4/c19-15(13-7-8-14(22-13)16(20)21)17-11-5-1-2-6-12(11)18-9-3-4-10-18/h1-2,5-8H,3-4,9-10H2,(H,17,19)(H,20,21). The van der Waals surface area contributed by atoms with E-state index in [4.69, 9.17) is 9.52 Å². The third kappa shape index (κ3) is 2.81. The van der Waals surface area contributed by atoms with Gasteiger partial charge in [-0.1, -0.05) is 12.1 Å². The molecule has 1 saturated heterocycles. The van der Waals surface area contributed by atoms with Gasteiger partial charge in [-0.2, -0.15) is 0 Å². The van der Waals surface area contributed by atoms with Crippen LogP contribution in [0.15, 0.2) is 40.8 Å². The van der Waals surface area contributed by atoms with Gasteiger partial charge in [-0.25, -0.2) is 4.79 Å². The summed E-state index contributed by atoms with van der Waals surface area (Å²) in [7, 11) is 0. The van der Waals surface area contributed by atoms with Crippen molar-refractivity contribution in [2.45, 2.75) is 12.8 Å². The number of furan rings is 1. The van der Waals surface area contributed by atoms with E-state index in [0.29, 0.717) is 5.69 Å². The minimum absolute atomic E-state index is 0.0198. The topological polar surface area (TPSA) is 82.8 Å². The number of carbonyl (C=O) groups is 2. The van der Waals surface area contributed by atoms with E-state index in [1.54, 1.807) is 0 Å². The summed E-state index contributed by atoms with van der Waals surface area (Å²) in [6.07, 6.45) is 2.28. The molecule has 0 unspecified atom stereocenters. The van der Waals surface area contributed by atoms with Crippen molar-refractivity contribution in [2.24, 2.45) is 0 Å². The summed E-state index contributed by atoms with van der Waals surface area (Å²) in [6, 6.07) is 10.2. The van der Waals surface area contributed by atoms with E-state index < -0.39 is 11.9 Å². The normalized spacial score (nSPS) is 14.1. The number of nitrogens with zero attached hydrogens (tertiary/aromatic N) is 1. The van der Waals surface area contributed by atoms with Gasteiger partial charge >= 0.3 is 5.97 Å². The van der Waals surface area contributed by atoms with Crippen molar-refractivity contribution in [1.82, 2.24) is 0 Å². The van der Waals surface area contributed by atoms with Crippen molar-refractivity contribution in [2.75, 3.05) is 23.3 Å². The molecule has 1 amide bonds. The molecule has 114 valence electrons. The smallest absolute Gasteiger partial charge is 0.371 e. The van der Waals surface area contributed by atoms with E-state index in [9.17, 15) is 9.59 Å². The van der Waals surface area contributed by atoms with Crippen molar-refractivity contribution >= 4 is 23.3 Å². The Morgan fingerprint density at radius 2 is 1.73 bits per heavy atom. The van der Waals surface area contributed by atoms with Gasteiger partial charge < -0.3 is 19.7 Å². The molecule has 1 fully saturated rings. The highest BCUT2D eigenvalue weighted by Gasteiger charge is 2.19. The molecular formula is C16H16N2O4. The van der Waals surface area contributed by atoms with Crippen molar-refractivity contribution < 1.29 is 19.1 Å². The Bertz CT molecular complexity index is 702. The molecule has 0 aliphatic carbocycles. The monoisotopic (exact) mass is 300 g/mol. The lowest BCUT2D eigenvalue weighted by atomic mass is 10.2. The summed E-state index contributed by atoms with van der Waals surface area (Å²) in [5.74, 6) is -1.93. The highest BCUT2D eigenvalue weighted by molar-refractivity contribution is 6.04. The molecule has 1 aliphatic heterocycles. The summed E-state index contributed by atoms with van der Waals surface area (Å²) in [5.41, 5.74) is 1.67. The van der Waals surface area contributed by atoms with Crippen molar-refractivity contribution in [1.29, 1.82) is 0 Å². The molecular weight excluding hydrogens is 284 g/mol. The van der Waals surface area contributed by atoms with Crippen LogP contribution in [0.1, 0.15) is 34.0 Å². The number of benzene rings is 1. The zero-order valence-electron chi connectivity index (χ0n) is 11.9. The first kappa shape index (κ1) is 14.2. The van der Waals surface area contributed by atoms with E-state index in [1.807, 2.05) is 24.3 Å². The van der Waals surface area contributed by atoms with Crippen LogP contribution < -0.4 is 10.2 Å². The van der Waals surface area contributed by atoms with Crippen LogP contribution in [0.3, 0.4) is 0 Å². The van der Waals surface area contributed by atoms with Crippen molar-refractivity contribution in [3.63, 3.8) is 0 Å². The molecule has 2 N–H and O–H groups in total. The fourth-order valence-corrected chi connectivity index (χ4v) is 2.57. The first-order valence-electron chi connectivity index (χ1n) is 7.13. The number of nitrogens with one attached hydrogen (secondary N) is 1. The number of carboxylic acid groups (broad SMARTS) is 1. The number of carbonyl (C=O) groups excluding carboxylic acids is 1. The first-order valence-corrected chi connectivity index (χ1v) is 7.13. The Kier molecular flexibility index (Phi) is 3.82. The molecule has 0 saturated carbocycles. The molecule has 2 heterocycles. The lowest BCUT2D eigenvalue weighted by molar-refractivity contribution is 0.0660. The van der Waals surface area contributed by atoms with Gasteiger partial charge in [0.15, 0.2) is 5.76 Å². The Hall–Kier alpha value is -2.76. The summed E-state index contributed by atoms with van der Waals surface area (Å²) in [6.45, 7) is 1.94. The van der Waals surface area contributed by atoms with Gasteiger partial charge in [0, 0.05) is 13.1 Å². The highest BCUT2D eigenvalue weighted by atomic mass is 16.4. The molecule has 6 heteroatoms. The number of hydrogen-bond acceptors (Lipinski definition) is 4. The van der Waals surface area contributed by atoms with Crippen LogP contribution in [-0.2, 0) is 0 Å². The second kappa shape index (κ2) is 5.93. The maximum Gasteiger partial charge on any atom is 0.371 e. The molecule has 6 nitrogen and oxygen atoms in total. The van der Waals surface area contributed by atoms with E-state index in [0.717, 1.165) is 31.6 Å². The van der Waals surface area contributed by atoms with Gasteiger partial charge in [0.25, 0.3) is 5.91 Å². The largest absolute Gasteiger partial charge is 0.475 e. The second-order valence-corrected chi connectivity index (χ2v) is 5.13. The molecule has 0 spiro atoms. The van der Waals surface area contributed by atoms with Gasteiger partial charge in [-0.05, 0) is 37.1 Å².